The lowest BCUT2D eigenvalue weighted by atomic mass is 10.1. The highest BCUT2D eigenvalue weighted by Crippen LogP contribution is 2.30. The first kappa shape index (κ1) is 10.4. The molecule has 0 fully saturated rings. The molecule has 1 aromatic heterocycles. The van der Waals surface area contributed by atoms with Crippen LogP contribution in [0.25, 0.3) is 11.1 Å². The first-order chi connectivity index (χ1) is 7.22. The number of carbonyl (C=O) groups is 1. The van der Waals surface area contributed by atoms with E-state index in [0.717, 1.165) is 11.8 Å². The van der Waals surface area contributed by atoms with Gasteiger partial charge in [-0.05, 0) is 41.6 Å². The highest BCUT2D eigenvalue weighted by atomic mass is 35.5. The molecule has 0 spiro atoms. The van der Waals surface area contributed by atoms with Gasteiger partial charge in [0, 0.05) is 10.4 Å². The Morgan fingerprint density at radius 2 is 2.13 bits per heavy atom. The average molecular weight is 237 g/mol. The maximum atomic E-state index is 10.6. The molecule has 1 aromatic carbocycles. The number of hydrogen-bond donors (Lipinski definition) is 0. The van der Waals surface area contributed by atoms with E-state index in [-0.39, 0.29) is 0 Å². The molecule has 0 saturated heterocycles. The minimum absolute atomic E-state index is 0.508. The van der Waals surface area contributed by atoms with E-state index >= 15 is 0 Å². The van der Waals surface area contributed by atoms with Crippen LogP contribution in [0.2, 0.25) is 5.02 Å². The van der Waals surface area contributed by atoms with Crippen molar-refractivity contribution in [2.24, 2.45) is 0 Å². The Labute approximate surface area is 97.3 Å². The van der Waals surface area contributed by atoms with Crippen LogP contribution in [0, 0.1) is 6.92 Å². The van der Waals surface area contributed by atoms with E-state index in [4.69, 9.17) is 11.6 Å². The van der Waals surface area contributed by atoms with Gasteiger partial charge in [-0.2, -0.15) is 0 Å². The normalized spacial score (nSPS) is 10.3. The van der Waals surface area contributed by atoms with E-state index in [2.05, 4.69) is 13.0 Å². The molecule has 0 amide bonds. The van der Waals surface area contributed by atoms with Gasteiger partial charge in [0.1, 0.15) is 0 Å². The minimum Gasteiger partial charge on any atom is -0.298 e. The maximum absolute atomic E-state index is 10.6. The Hall–Kier alpha value is -1.12. The highest BCUT2D eigenvalue weighted by molar-refractivity contribution is 7.10. The summed E-state index contributed by atoms with van der Waals surface area (Å²) in [6, 6.07) is 7.57. The Morgan fingerprint density at radius 1 is 1.33 bits per heavy atom. The van der Waals surface area contributed by atoms with E-state index in [0.29, 0.717) is 10.6 Å². The van der Waals surface area contributed by atoms with Gasteiger partial charge < -0.3 is 0 Å². The fraction of sp³-hybridized carbons (Fsp3) is 0.0833. The number of carbonyl (C=O) groups excluding carboxylic acids is 1. The second kappa shape index (κ2) is 4.17. The number of benzene rings is 1. The second-order valence-corrected chi connectivity index (χ2v) is 4.77. The van der Waals surface area contributed by atoms with Crippen molar-refractivity contribution in [3.8, 4) is 11.1 Å². The molecule has 0 radical (unpaired) electrons. The van der Waals surface area contributed by atoms with Crippen molar-refractivity contribution in [2.75, 3.05) is 0 Å². The molecule has 0 aliphatic heterocycles. The zero-order chi connectivity index (χ0) is 10.8. The molecule has 1 heterocycles. The van der Waals surface area contributed by atoms with Crippen LogP contribution in [-0.2, 0) is 0 Å². The summed E-state index contributed by atoms with van der Waals surface area (Å²) < 4.78 is 0. The molecule has 0 aliphatic rings. The zero-order valence-corrected chi connectivity index (χ0v) is 9.73. The minimum atomic E-state index is 0.508. The van der Waals surface area contributed by atoms with Crippen molar-refractivity contribution in [2.45, 2.75) is 6.92 Å². The summed E-state index contributed by atoms with van der Waals surface area (Å²) in [4.78, 5) is 11.9. The van der Waals surface area contributed by atoms with E-state index < -0.39 is 0 Å². The molecule has 76 valence electrons. The molecule has 15 heavy (non-hydrogen) atoms. The van der Waals surface area contributed by atoms with Crippen LogP contribution in [-0.4, -0.2) is 6.29 Å². The Kier molecular flexibility index (Phi) is 2.89. The summed E-state index contributed by atoms with van der Waals surface area (Å²) in [6.07, 6.45) is 0.770. The third-order valence-corrected chi connectivity index (χ3v) is 3.47. The molecule has 2 aromatic rings. The summed E-state index contributed by atoms with van der Waals surface area (Å²) in [6.45, 7) is 2.07. The van der Waals surface area contributed by atoms with Crippen molar-refractivity contribution < 1.29 is 4.79 Å². The van der Waals surface area contributed by atoms with Crippen LogP contribution in [0.3, 0.4) is 0 Å². The van der Waals surface area contributed by atoms with E-state index in [1.807, 2.05) is 17.5 Å². The Balaban J connectivity index is 2.52. The summed E-state index contributed by atoms with van der Waals surface area (Å²) in [5, 5.41) is 2.56. The average Bonchev–Trinajstić information content (AvgIpc) is 2.64. The van der Waals surface area contributed by atoms with Gasteiger partial charge in [0.2, 0.25) is 0 Å². The first-order valence-electron chi connectivity index (χ1n) is 4.51. The zero-order valence-electron chi connectivity index (χ0n) is 8.16. The molecule has 0 N–H and O–H groups in total. The predicted octanol–water partition coefficient (Wildman–Crippen LogP) is 4.19. The molecule has 0 saturated carbocycles. The molecule has 2 rings (SSSR count). The van der Waals surface area contributed by atoms with Crippen molar-refractivity contribution in [3.05, 3.63) is 45.1 Å². The van der Waals surface area contributed by atoms with Crippen LogP contribution in [0.5, 0.6) is 0 Å². The highest BCUT2D eigenvalue weighted by Gasteiger charge is 2.05. The van der Waals surface area contributed by atoms with Gasteiger partial charge in [0.15, 0.2) is 6.29 Å². The molecule has 0 aliphatic carbocycles. The lowest BCUT2D eigenvalue weighted by Crippen LogP contribution is -1.83. The monoisotopic (exact) mass is 236 g/mol. The Morgan fingerprint density at radius 3 is 2.67 bits per heavy atom. The molecule has 0 bridgehead atoms. The van der Waals surface area contributed by atoms with Crippen molar-refractivity contribution in [1.29, 1.82) is 0 Å². The fourth-order valence-corrected chi connectivity index (χ4v) is 2.42. The number of aryl methyl sites for hydroxylation is 1. The van der Waals surface area contributed by atoms with E-state index in [9.17, 15) is 4.79 Å². The fourth-order valence-electron chi connectivity index (χ4n) is 1.47. The molecular formula is C12H9ClOS. The van der Waals surface area contributed by atoms with E-state index in [1.54, 1.807) is 17.4 Å². The standard InChI is InChI=1S/C12H9ClOS/c1-8-11(4-5-15-8)9-2-3-10(7-14)12(13)6-9/h2-7H,1H3. The summed E-state index contributed by atoms with van der Waals surface area (Å²) >= 11 is 7.67. The second-order valence-electron chi connectivity index (χ2n) is 3.24. The van der Waals surface area contributed by atoms with Gasteiger partial charge in [0.25, 0.3) is 0 Å². The van der Waals surface area contributed by atoms with Crippen LogP contribution in [0.4, 0.5) is 0 Å². The summed E-state index contributed by atoms with van der Waals surface area (Å²) in [5.74, 6) is 0. The van der Waals surface area contributed by atoms with E-state index in [1.165, 1.54) is 10.4 Å². The van der Waals surface area contributed by atoms with Gasteiger partial charge in [-0.3, -0.25) is 4.79 Å². The summed E-state index contributed by atoms with van der Waals surface area (Å²) in [7, 11) is 0. The van der Waals surface area contributed by atoms with Crippen molar-refractivity contribution >= 4 is 29.2 Å². The largest absolute Gasteiger partial charge is 0.298 e. The maximum Gasteiger partial charge on any atom is 0.151 e. The van der Waals surface area contributed by atoms with Crippen LogP contribution in [0.1, 0.15) is 15.2 Å². The van der Waals surface area contributed by atoms with Gasteiger partial charge in [-0.25, -0.2) is 0 Å². The first-order valence-corrected chi connectivity index (χ1v) is 5.77. The molecule has 0 atom stereocenters. The number of hydrogen-bond acceptors (Lipinski definition) is 2. The van der Waals surface area contributed by atoms with Gasteiger partial charge in [-0.15, -0.1) is 11.3 Å². The topological polar surface area (TPSA) is 17.1 Å². The molecular weight excluding hydrogens is 228 g/mol. The number of rotatable bonds is 2. The number of thiophene rings is 1. The van der Waals surface area contributed by atoms with Crippen LogP contribution in [0.15, 0.2) is 29.6 Å². The van der Waals surface area contributed by atoms with Gasteiger partial charge in [-0.1, -0.05) is 17.7 Å². The third-order valence-electron chi connectivity index (χ3n) is 2.30. The van der Waals surface area contributed by atoms with Crippen LogP contribution >= 0.6 is 22.9 Å². The number of halogens is 1. The smallest absolute Gasteiger partial charge is 0.151 e. The van der Waals surface area contributed by atoms with Crippen molar-refractivity contribution in [1.82, 2.24) is 0 Å². The van der Waals surface area contributed by atoms with Gasteiger partial charge >= 0.3 is 0 Å². The molecule has 3 heteroatoms. The number of aldehydes is 1. The molecule has 1 nitrogen and oxygen atoms in total. The molecule has 0 unspecified atom stereocenters. The van der Waals surface area contributed by atoms with Gasteiger partial charge in [0.05, 0.1) is 5.02 Å². The SMILES string of the molecule is Cc1sccc1-c1ccc(C=O)c(Cl)c1. The lowest BCUT2D eigenvalue weighted by Gasteiger charge is -2.02. The third kappa shape index (κ3) is 1.96. The van der Waals surface area contributed by atoms with Crippen LogP contribution < -0.4 is 0 Å². The Bertz CT molecular complexity index is 502. The lowest BCUT2D eigenvalue weighted by molar-refractivity contribution is 0.112. The predicted molar refractivity (Wildman–Crippen MR) is 64.9 cm³/mol. The van der Waals surface area contributed by atoms with Crippen molar-refractivity contribution in [3.63, 3.8) is 0 Å². The summed E-state index contributed by atoms with van der Waals surface area (Å²) in [5.41, 5.74) is 2.77. The quantitative estimate of drug-likeness (QED) is 0.715.